The Labute approximate surface area is 333 Å². The maximum Gasteiger partial charge on any atom is 0.143 e. The molecule has 2 unspecified atom stereocenters. The molecule has 2 nitrogen and oxygen atoms in total. The van der Waals surface area contributed by atoms with E-state index in [-0.39, 0.29) is 11.3 Å². The molecule has 58 heavy (non-hydrogen) atoms. The van der Waals surface area contributed by atoms with Crippen molar-refractivity contribution in [3.8, 4) is 33.4 Å². The molecule has 16 rings (SSSR count). The number of para-hydroxylation sites is 4. The minimum atomic E-state index is -0.234. The van der Waals surface area contributed by atoms with Crippen LogP contribution in [0.3, 0.4) is 0 Å². The molecule has 4 aliphatic rings. The van der Waals surface area contributed by atoms with E-state index in [0.29, 0.717) is 0 Å². The van der Waals surface area contributed by atoms with Gasteiger partial charge in [0, 0.05) is 43.8 Å². The third kappa shape index (κ3) is 3.34. The number of nitrogens with zero attached hydrogens (tertiary/aromatic N) is 1. The molecule has 0 amide bonds. The predicted molar refractivity (Wildman–Crippen MR) is 237 cm³/mol. The second kappa shape index (κ2) is 10.1. The van der Waals surface area contributed by atoms with Crippen molar-refractivity contribution in [2.45, 2.75) is 11.3 Å². The lowest BCUT2D eigenvalue weighted by atomic mass is 9.59. The first kappa shape index (κ1) is 29.8. The molecule has 9 aromatic carbocycles. The summed E-state index contributed by atoms with van der Waals surface area (Å²) in [6.07, 6.45) is 0. The first-order valence-electron chi connectivity index (χ1n) is 20.4. The normalized spacial score (nSPS) is 17.2. The molecule has 0 saturated heterocycles. The smallest absolute Gasteiger partial charge is 0.143 e. The van der Waals surface area contributed by atoms with Gasteiger partial charge in [0.2, 0.25) is 0 Å². The minimum absolute atomic E-state index is 0.166. The van der Waals surface area contributed by atoms with E-state index in [1.54, 1.807) is 0 Å². The number of fused-ring (bicyclic) bond motifs is 9. The van der Waals surface area contributed by atoms with Crippen LogP contribution in [0.15, 0.2) is 186 Å². The van der Waals surface area contributed by atoms with Gasteiger partial charge in [-0.15, -0.1) is 0 Å². The Morgan fingerprint density at radius 2 is 1.05 bits per heavy atom. The molecule has 4 aliphatic carbocycles. The van der Waals surface area contributed by atoms with Crippen LogP contribution in [0.4, 0.5) is 0 Å². The van der Waals surface area contributed by atoms with Gasteiger partial charge in [-0.25, -0.2) is 0 Å². The first-order valence-corrected chi connectivity index (χ1v) is 20.4. The fraction of sp³-hybridized carbons (Fsp3) is 0.0357. The van der Waals surface area contributed by atoms with E-state index in [9.17, 15) is 0 Å². The fourth-order valence-electron chi connectivity index (χ4n) is 11.9. The van der Waals surface area contributed by atoms with Crippen LogP contribution in [0.1, 0.15) is 44.9 Å². The van der Waals surface area contributed by atoms with Crippen LogP contribution in [0.5, 0.6) is 0 Å². The molecule has 2 atom stereocenters. The van der Waals surface area contributed by atoms with Crippen molar-refractivity contribution >= 4 is 60.0 Å². The molecule has 0 aliphatic heterocycles. The third-order valence-electron chi connectivity index (χ3n) is 14.2. The van der Waals surface area contributed by atoms with E-state index in [0.717, 1.165) is 33.1 Å². The van der Waals surface area contributed by atoms with Crippen LogP contribution in [-0.2, 0) is 5.41 Å². The lowest BCUT2D eigenvalue weighted by Gasteiger charge is -2.42. The SMILES string of the molecule is c1ccc2c(c1)C1c3cccc4c3C24c2c(-c3ccc4c(c3)c3cccc5c6ccccc6n4c53)ccc(-c3ccc(-c4cccc5c4oc4ccccc45)cc3)c21. The van der Waals surface area contributed by atoms with E-state index in [2.05, 4.69) is 180 Å². The van der Waals surface area contributed by atoms with Gasteiger partial charge in [0.1, 0.15) is 11.2 Å². The van der Waals surface area contributed by atoms with Crippen LogP contribution in [0, 0.1) is 0 Å². The van der Waals surface area contributed by atoms with E-state index in [1.165, 1.54) is 99.3 Å². The summed E-state index contributed by atoms with van der Waals surface area (Å²) in [7, 11) is 0. The molecule has 0 fully saturated rings. The topological polar surface area (TPSA) is 17.6 Å². The van der Waals surface area contributed by atoms with Gasteiger partial charge in [-0.05, 0) is 91.0 Å². The van der Waals surface area contributed by atoms with Crippen LogP contribution in [-0.4, -0.2) is 4.40 Å². The summed E-state index contributed by atoms with van der Waals surface area (Å²) in [5, 5.41) is 7.57. The quantitative estimate of drug-likeness (QED) is 0.177. The van der Waals surface area contributed by atoms with Crippen molar-refractivity contribution in [1.82, 2.24) is 4.40 Å². The van der Waals surface area contributed by atoms with Crippen LogP contribution in [0.25, 0.3) is 93.4 Å². The summed E-state index contributed by atoms with van der Waals surface area (Å²) in [5.74, 6) is 0.166. The molecular weight excluding hydrogens is 703 g/mol. The molecule has 0 radical (unpaired) electrons. The van der Waals surface area contributed by atoms with Crippen molar-refractivity contribution < 1.29 is 4.42 Å². The number of furan rings is 1. The zero-order valence-corrected chi connectivity index (χ0v) is 31.3. The molecule has 3 aromatic heterocycles. The van der Waals surface area contributed by atoms with E-state index < -0.39 is 0 Å². The standard InChI is InChI=1S/C56H31NO/c1-4-18-45-42(12-1)50-43-17-9-19-46-52(43)56(45,46)53-35(33-26-29-48-44(30-33)40-15-8-14-39-37-10-2-5-20-47(37)57(48)54(39)40)28-27-34(51(50)53)31-22-24-32(25-23-31)36-13-7-16-41-38-11-3-6-21-49(38)58-55(36)41/h1-30,50H. The Balaban J connectivity index is 0.967. The average molecular weight is 734 g/mol. The second-order valence-electron chi connectivity index (χ2n) is 16.6. The highest BCUT2D eigenvalue weighted by Crippen LogP contribution is 2.73. The van der Waals surface area contributed by atoms with E-state index in [1.807, 2.05) is 6.07 Å². The Bertz CT molecular complexity index is 3800. The molecule has 0 N–H and O–H groups in total. The summed E-state index contributed by atoms with van der Waals surface area (Å²) in [6, 6.07) is 68.1. The number of benzene rings is 9. The Hall–Kier alpha value is -7.42. The van der Waals surface area contributed by atoms with Gasteiger partial charge >= 0.3 is 0 Å². The zero-order chi connectivity index (χ0) is 37.4. The number of hydrogen-bond donors (Lipinski definition) is 0. The molecule has 12 aromatic rings. The monoisotopic (exact) mass is 733 g/mol. The first-order chi connectivity index (χ1) is 28.8. The van der Waals surface area contributed by atoms with Crippen LogP contribution >= 0.6 is 0 Å². The Morgan fingerprint density at radius 3 is 1.97 bits per heavy atom. The third-order valence-corrected chi connectivity index (χ3v) is 14.2. The van der Waals surface area contributed by atoms with Crippen LogP contribution < -0.4 is 0 Å². The molecule has 2 heteroatoms. The van der Waals surface area contributed by atoms with Gasteiger partial charge in [-0.1, -0.05) is 158 Å². The maximum absolute atomic E-state index is 6.46. The van der Waals surface area contributed by atoms with Crippen LogP contribution in [0.2, 0.25) is 0 Å². The van der Waals surface area contributed by atoms with Gasteiger partial charge in [0.25, 0.3) is 0 Å². The summed E-state index contributed by atoms with van der Waals surface area (Å²) in [5.41, 5.74) is 23.3. The van der Waals surface area contributed by atoms with E-state index in [4.69, 9.17) is 4.42 Å². The van der Waals surface area contributed by atoms with Crippen molar-refractivity contribution in [3.05, 3.63) is 221 Å². The second-order valence-corrected chi connectivity index (χ2v) is 16.6. The van der Waals surface area contributed by atoms with Gasteiger partial charge in [0.15, 0.2) is 0 Å². The summed E-state index contributed by atoms with van der Waals surface area (Å²) < 4.78 is 8.95. The lowest BCUT2D eigenvalue weighted by Crippen LogP contribution is -2.31. The summed E-state index contributed by atoms with van der Waals surface area (Å²) >= 11 is 0. The minimum Gasteiger partial charge on any atom is -0.455 e. The zero-order valence-electron chi connectivity index (χ0n) is 31.3. The average Bonchev–Trinajstić information content (AvgIpc) is 3.52. The molecule has 3 heterocycles. The highest BCUT2D eigenvalue weighted by molar-refractivity contribution is 6.23. The van der Waals surface area contributed by atoms with Crippen molar-refractivity contribution in [2.24, 2.45) is 0 Å². The Morgan fingerprint density at radius 1 is 0.414 bits per heavy atom. The summed E-state index contributed by atoms with van der Waals surface area (Å²) in [6.45, 7) is 0. The largest absolute Gasteiger partial charge is 0.455 e. The number of rotatable bonds is 3. The number of hydrogen-bond acceptors (Lipinski definition) is 1. The van der Waals surface area contributed by atoms with Gasteiger partial charge in [-0.3, -0.25) is 0 Å². The van der Waals surface area contributed by atoms with Crippen molar-refractivity contribution in [2.75, 3.05) is 0 Å². The maximum atomic E-state index is 6.46. The molecular formula is C56H31NO. The molecule has 2 bridgehead atoms. The van der Waals surface area contributed by atoms with Gasteiger partial charge in [-0.2, -0.15) is 0 Å². The predicted octanol–water partition coefficient (Wildman–Crippen LogP) is 14.2. The molecule has 1 spiro atoms. The summed E-state index contributed by atoms with van der Waals surface area (Å²) in [4.78, 5) is 0. The molecule has 0 saturated carbocycles. The van der Waals surface area contributed by atoms with Crippen molar-refractivity contribution in [3.63, 3.8) is 0 Å². The lowest BCUT2D eigenvalue weighted by molar-refractivity contribution is 0.670. The van der Waals surface area contributed by atoms with Gasteiger partial charge < -0.3 is 8.82 Å². The Kier molecular flexibility index (Phi) is 5.20. The fourth-order valence-corrected chi connectivity index (χ4v) is 11.9. The number of aromatic nitrogens is 1. The van der Waals surface area contributed by atoms with Crippen molar-refractivity contribution in [1.29, 1.82) is 0 Å². The highest BCUT2D eigenvalue weighted by atomic mass is 16.3. The highest BCUT2D eigenvalue weighted by Gasteiger charge is 2.64. The van der Waals surface area contributed by atoms with E-state index >= 15 is 0 Å². The van der Waals surface area contributed by atoms with Gasteiger partial charge in [0.05, 0.1) is 22.0 Å². The molecule has 266 valence electrons.